The summed E-state index contributed by atoms with van der Waals surface area (Å²) >= 11 is 5.44. The van der Waals surface area contributed by atoms with E-state index in [1.807, 2.05) is 18.1 Å². The molecule has 2 aromatic carbocycles. The topological polar surface area (TPSA) is 35.2 Å². The Kier molecular flexibility index (Phi) is 5.10. The van der Waals surface area contributed by atoms with Crippen molar-refractivity contribution in [2.75, 3.05) is 18.0 Å². The van der Waals surface area contributed by atoms with Gasteiger partial charge in [0.15, 0.2) is 0 Å². The molecule has 1 aromatic heterocycles. The minimum Gasteiger partial charge on any atom is -0.365 e. The molecule has 6 heteroatoms. The quantitative estimate of drug-likeness (QED) is 0.627. The second kappa shape index (κ2) is 7.64. The zero-order chi connectivity index (χ0) is 17.1. The summed E-state index contributed by atoms with van der Waals surface area (Å²) in [6.45, 7) is 3.76. The molecule has 1 aliphatic heterocycles. The Morgan fingerprint density at radius 1 is 1.08 bits per heavy atom. The van der Waals surface area contributed by atoms with Gasteiger partial charge in [-0.05, 0) is 35.7 Å². The van der Waals surface area contributed by atoms with Crippen molar-refractivity contribution >= 4 is 33.6 Å². The minimum absolute atomic E-state index is 0.857. The van der Waals surface area contributed by atoms with Gasteiger partial charge >= 0.3 is 0 Å². The van der Waals surface area contributed by atoms with Crippen molar-refractivity contribution in [2.45, 2.75) is 18.0 Å². The van der Waals surface area contributed by atoms with Gasteiger partial charge in [0.2, 0.25) is 0 Å². The zero-order valence-corrected chi connectivity index (χ0v) is 16.1. The third-order valence-electron chi connectivity index (χ3n) is 4.23. The first-order valence-corrected chi connectivity index (χ1v) is 9.83. The molecule has 4 rings (SSSR count). The lowest BCUT2D eigenvalue weighted by atomic mass is 10.2. The van der Waals surface area contributed by atoms with E-state index in [0.717, 1.165) is 36.3 Å². The summed E-state index contributed by atoms with van der Waals surface area (Å²) in [6, 6.07) is 17.2. The molecule has 0 amide bonds. The van der Waals surface area contributed by atoms with Crippen LogP contribution >= 0.6 is 27.9 Å². The third kappa shape index (κ3) is 4.08. The Morgan fingerprint density at radius 3 is 2.76 bits per heavy atom. The van der Waals surface area contributed by atoms with Crippen molar-refractivity contribution in [3.05, 3.63) is 76.8 Å². The molecule has 1 N–H and O–H groups in total. The van der Waals surface area contributed by atoms with Crippen LogP contribution in [0.1, 0.15) is 11.3 Å². The standard InChI is InChI=1S/C19H19BrN4S/c20-16-6-7-18-19(10-16)25-24(13-17-11-21-14-22-17)9-8-23(18)12-15-4-2-1-3-5-15/h1-7,10-11,14H,8-9,12-13H2,(H,21,22). The molecule has 3 aromatic rings. The summed E-state index contributed by atoms with van der Waals surface area (Å²) in [7, 11) is 0. The summed E-state index contributed by atoms with van der Waals surface area (Å²) in [5.74, 6) is 0. The number of nitrogens with one attached hydrogen (secondary N) is 1. The molecule has 0 spiro atoms. The Labute approximate surface area is 160 Å². The second-order valence-corrected chi connectivity index (χ2v) is 8.11. The van der Waals surface area contributed by atoms with Crippen molar-refractivity contribution < 1.29 is 0 Å². The molecule has 128 valence electrons. The zero-order valence-electron chi connectivity index (χ0n) is 13.7. The van der Waals surface area contributed by atoms with Crippen molar-refractivity contribution in [3.8, 4) is 0 Å². The first-order chi connectivity index (χ1) is 12.3. The lowest BCUT2D eigenvalue weighted by molar-refractivity contribution is 0.467. The Hall–Kier alpha value is -1.76. The predicted octanol–water partition coefficient (Wildman–Crippen LogP) is 4.70. The Bertz CT molecular complexity index is 823. The van der Waals surface area contributed by atoms with Crippen LogP contribution in [-0.4, -0.2) is 27.4 Å². The minimum atomic E-state index is 0.857. The predicted molar refractivity (Wildman–Crippen MR) is 106 cm³/mol. The van der Waals surface area contributed by atoms with E-state index in [9.17, 15) is 0 Å². The maximum absolute atomic E-state index is 4.13. The highest BCUT2D eigenvalue weighted by atomic mass is 79.9. The molecule has 0 atom stereocenters. The summed E-state index contributed by atoms with van der Waals surface area (Å²) in [4.78, 5) is 11.1. The van der Waals surface area contributed by atoms with E-state index in [-0.39, 0.29) is 0 Å². The van der Waals surface area contributed by atoms with Crippen LogP contribution < -0.4 is 4.90 Å². The molecule has 0 radical (unpaired) electrons. The number of aromatic nitrogens is 2. The largest absolute Gasteiger partial charge is 0.365 e. The number of nitrogens with zero attached hydrogens (tertiary/aromatic N) is 3. The molecule has 0 saturated carbocycles. The molecule has 0 fully saturated rings. The Morgan fingerprint density at radius 2 is 1.96 bits per heavy atom. The number of H-pyrrole nitrogens is 1. The van der Waals surface area contributed by atoms with E-state index >= 15 is 0 Å². The Balaban J connectivity index is 1.60. The van der Waals surface area contributed by atoms with Gasteiger partial charge in [-0.3, -0.25) is 0 Å². The summed E-state index contributed by atoms with van der Waals surface area (Å²) in [6.07, 6.45) is 3.64. The number of benzene rings is 2. The van der Waals surface area contributed by atoms with Gasteiger partial charge in [0, 0.05) is 40.9 Å². The lowest BCUT2D eigenvalue weighted by Crippen LogP contribution is -2.29. The number of anilines is 1. The van der Waals surface area contributed by atoms with E-state index in [4.69, 9.17) is 0 Å². The number of imidazole rings is 1. The summed E-state index contributed by atoms with van der Waals surface area (Å²) < 4.78 is 3.51. The van der Waals surface area contributed by atoms with Gasteiger partial charge < -0.3 is 9.88 Å². The van der Waals surface area contributed by atoms with Gasteiger partial charge in [-0.1, -0.05) is 46.3 Å². The van der Waals surface area contributed by atoms with Crippen molar-refractivity contribution in [2.24, 2.45) is 0 Å². The highest BCUT2D eigenvalue weighted by Gasteiger charge is 2.21. The van der Waals surface area contributed by atoms with E-state index in [1.54, 1.807) is 6.33 Å². The van der Waals surface area contributed by atoms with Gasteiger partial charge in [0.1, 0.15) is 0 Å². The number of rotatable bonds is 4. The van der Waals surface area contributed by atoms with Gasteiger partial charge in [0.05, 0.1) is 18.6 Å². The van der Waals surface area contributed by atoms with Crippen LogP contribution in [0.25, 0.3) is 0 Å². The van der Waals surface area contributed by atoms with Crippen molar-refractivity contribution in [1.82, 2.24) is 14.3 Å². The normalized spacial score (nSPS) is 15.0. The monoisotopic (exact) mass is 414 g/mol. The van der Waals surface area contributed by atoms with E-state index < -0.39 is 0 Å². The highest BCUT2D eigenvalue weighted by Crippen LogP contribution is 2.38. The molecular weight excluding hydrogens is 396 g/mol. The van der Waals surface area contributed by atoms with E-state index in [2.05, 4.69) is 83.6 Å². The van der Waals surface area contributed by atoms with Gasteiger partial charge in [-0.25, -0.2) is 9.29 Å². The molecule has 0 saturated heterocycles. The fraction of sp³-hybridized carbons (Fsp3) is 0.211. The molecule has 1 aliphatic rings. The fourth-order valence-corrected chi connectivity index (χ4v) is 4.64. The van der Waals surface area contributed by atoms with Gasteiger partial charge in [-0.2, -0.15) is 0 Å². The molecule has 2 heterocycles. The highest BCUT2D eigenvalue weighted by molar-refractivity contribution is 9.10. The van der Waals surface area contributed by atoms with Gasteiger partial charge in [0.25, 0.3) is 0 Å². The van der Waals surface area contributed by atoms with E-state index in [1.165, 1.54) is 16.1 Å². The third-order valence-corrected chi connectivity index (χ3v) is 5.81. The van der Waals surface area contributed by atoms with Crippen LogP contribution in [0.5, 0.6) is 0 Å². The average molecular weight is 415 g/mol. The number of aromatic amines is 1. The van der Waals surface area contributed by atoms with Gasteiger partial charge in [-0.15, -0.1) is 0 Å². The molecule has 0 bridgehead atoms. The number of halogens is 1. The first-order valence-electron chi connectivity index (χ1n) is 8.26. The number of hydrogen-bond acceptors (Lipinski definition) is 4. The first kappa shape index (κ1) is 16.7. The van der Waals surface area contributed by atoms with Crippen molar-refractivity contribution in [3.63, 3.8) is 0 Å². The molecule has 0 unspecified atom stereocenters. The maximum atomic E-state index is 4.13. The lowest BCUT2D eigenvalue weighted by Gasteiger charge is -2.24. The van der Waals surface area contributed by atoms with Crippen LogP contribution in [-0.2, 0) is 13.1 Å². The number of fused-ring (bicyclic) bond motifs is 1. The smallest absolute Gasteiger partial charge is 0.0922 e. The molecule has 25 heavy (non-hydrogen) atoms. The van der Waals surface area contributed by atoms with E-state index in [0.29, 0.717) is 0 Å². The SMILES string of the molecule is Brc1ccc2c(c1)SN(Cc1cnc[nH]1)CCN2Cc1ccccc1. The molecule has 0 aliphatic carbocycles. The summed E-state index contributed by atoms with van der Waals surface area (Å²) in [5, 5.41) is 0. The second-order valence-electron chi connectivity index (χ2n) is 6.05. The molecule has 4 nitrogen and oxygen atoms in total. The van der Waals surface area contributed by atoms with Crippen LogP contribution in [0.15, 0.2) is 70.4 Å². The molecular formula is C19H19BrN4S. The fourth-order valence-electron chi connectivity index (χ4n) is 3.00. The van der Waals surface area contributed by atoms with Crippen LogP contribution in [0.2, 0.25) is 0 Å². The number of hydrogen-bond donors (Lipinski definition) is 1. The summed E-state index contributed by atoms with van der Waals surface area (Å²) in [5.41, 5.74) is 3.77. The van der Waals surface area contributed by atoms with Crippen LogP contribution in [0, 0.1) is 0 Å². The maximum Gasteiger partial charge on any atom is 0.0922 e. The van der Waals surface area contributed by atoms with Crippen molar-refractivity contribution in [1.29, 1.82) is 0 Å². The average Bonchev–Trinajstić information content (AvgIpc) is 3.07. The van der Waals surface area contributed by atoms with Crippen LogP contribution in [0.4, 0.5) is 5.69 Å². The van der Waals surface area contributed by atoms with Crippen LogP contribution in [0.3, 0.4) is 0 Å².